The topological polar surface area (TPSA) is 98.5 Å². The number of thioether (sulfide) groups is 1. The lowest BCUT2D eigenvalue weighted by molar-refractivity contribution is -0.125. The first-order chi connectivity index (χ1) is 12.3. The van der Waals surface area contributed by atoms with Crippen LogP contribution in [-0.4, -0.2) is 35.8 Å². The highest BCUT2D eigenvalue weighted by molar-refractivity contribution is 8.13. The Morgan fingerprint density at radius 2 is 1.81 bits per heavy atom. The van der Waals surface area contributed by atoms with Gasteiger partial charge in [0.2, 0.25) is 11.8 Å². The van der Waals surface area contributed by atoms with Crippen molar-refractivity contribution in [2.75, 3.05) is 12.9 Å². The maximum absolute atomic E-state index is 12.5. The highest BCUT2D eigenvalue weighted by Crippen LogP contribution is 2.28. The van der Waals surface area contributed by atoms with Crippen molar-refractivity contribution in [2.24, 2.45) is 5.73 Å². The zero-order chi connectivity index (χ0) is 19.3. The van der Waals surface area contributed by atoms with E-state index < -0.39 is 11.9 Å². The molecular formula is C19H22N2O4S. The number of ether oxygens (including phenoxy) is 1. The number of fused-ring (bicyclic) bond motifs is 1. The van der Waals surface area contributed by atoms with Crippen molar-refractivity contribution in [2.45, 2.75) is 25.8 Å². The Balaban J connectivity index is 2.08. The number of primary amides is 1. The predicted molar refractivity (Wildman–Crippen MR) is 103 cm³/mol. The van der Waals surface area contributed by atoms with Gasteiger partial charge in [-0.05, 0) is 28.5 Å². The third-order valence-electron chi connectivity index (χ3n) is 4.04. The number of benzene rings is 2. The number of amides is 2. The summed E-state index contributed by atoms with van der Waals surface area (Å²) >= 11 is 0.995. The minimum Gasteiger partial charge on any atom is -0.497 e. The van der Waals surface area contributed by atoms with Crippen LogP contribution in [0.2, 0.25) is 0 Å². The van der Waals surface area contributed by atoms with Gasteiger partial charge in [0.25, 0.3) is 0 Å². The molecule has 0 radical (unpaired) electrons. The van der Waals surface area contributed by atoms with E-state index in [-0.39, 0.29) is 22.7 Å². The van der Waals surface area contributed by atoms with Crippen LogP contribution in [-0.2, 0) is 14.4 Å². The van der Waals surface area contributed by atoms with Gasteiger partial charge in [-0.1, -0.05) is 43.0 Å². The number of nitrogens with two attached hydrogens (primary N) is 1. The Morgan fingerprint density at radius 3 is 2.42 bits per heavy atom. The van der Waals surface area contributed by atoms with Gasteiger partial charge in [0.1, 0.15) is 11.8 Å². The van der Waals surface area contributed by atoms with E-state index in [0.717, 1.165) is 33.8 Å². The normalized spacial score (nSPS) is 13.0. The summed E-state index contributed by atoms with van der Waals surface area (Å²) in [4.78, 5) is 34.9. The second kappa shape index (κ2) is 8.71. The largest absolute Gasteiger partial charge is 0.497 e. The summed E-state index contributed by atoms with van der Waals surface area (Å²) in [5.74, 6) is -0.478. The minimum absolute atomic E-state index is 0.0885. The average Bonchev–Trinajstić information content (AvgIpc) is 2.62. The fourth-order valence-electron chi connectivity index (χ4n) is 2.51. The number of hydrogen-bond donors (Lipinski definition) is 2. The average molecular weight is 374 g/mol. The van der Waals surface area contributed by atoms with Crippen LogP contribution in [0.5, 0.6) is 5.75 Å². The molecule has 0 aliphatic carbocycles. The molecule has 0 spiro atoms. The monoisotopic (exact) mass is 374 g/mol. The first-order valence-corrected chi connectivity index (χ1v) is 9.11. The lowest BCUT2D eigenvalue weighted by Crippen LogP contribution is -2.45. The summed E-state index contributed by atoms with van der Waals surface area (Å²) in [6.07, 6.45) is 0. The van der Waals surface area contributed by atoms with Crippen LogP contribution in [0.1, 0.15) is 25.3 Å². The molecule has 2 aromatic rings. The van der Waals surface area contributed by atoms with Crippen molar-refractivity contribution in [3.63, 3.8) is 0 Å². The molecule has 0 fully saturated rings. The maximum Gasteiger partial charge on any atom is 0.240 e. The van der Waals surface area contributed by atoms with E-state index >= 15 is 0 Å². The molecule has 0 saturated carbocycles. The van der Waals surface area contributed by atoms with Crippen LogP contribution < -0.4 is 15.8 Å². The van der Waals surface area contributed by atoms with Gasteiger partial charge in [-0.2, -0.15) is 0 Å². The minimum atomic E-state index is -0.863. The molecule has 0 bridgehead atoms. The smallest absolute Gasteiger partial charge is 0.240 e. The van der Waals surface area contributed by atoms with Gasteiger partial charge >= 0.3 is 0 Å². The van der Waals surface area contributed by atoms with E-state index in [2.05, 4.69) is 5.32 Å². The van der Waals surface area contributed by atoms with Crippen LogP contribution in [0.3, 0.4) is 0 Å². The summed E-state index contributed by atoms with van der Waals surface area (Å²) in [6.45, 7) is 3.12. The number of carbonyl (C=O) groups excluding carboxylic acids is 3. The van der Waals surface area contributed by atoms with Gasteiger partial charge in [0.05, 0.1) is 13.0 Å². The number of methoxy groups -OCH3 is 1. The summed E-state index contributed by atoms with van der Waals surface area (Å²) in [5, 5.41) is 4.40. The van der Waals surface area contributed by atoms with Gasteiger partial charge < -0.3 is 15.8 Å². The standard InChI is InChI=1S/C19H22N2O4S/c1-11(19(24)26-10-17(18(20)23)21-12(2)22)13-4-5-15-9-16(25-3)7-6-14(15)8-13/h4-9,11,17H,10H2,1-3H3,(H2,20,23)(H,21,22)/t11-,17?/m0/s1. The highest BCUT2D eigenvalue weighted by atomic mass is 32.2. The molecule has 1 unspecified atom stereocenters. The summed E-state index contributed by atoms with van der Waals surface area (Å²) in [7, 11) is 1.62. The first kappa shape index (κ1) is 19.8. The zero-order valence-corrected chi connectivity index (χ0v) is 15.8. The maximum atomic E-state index is 12.5. The summed E-state index contributed by atoms with van der Waals surface area (Å²) < 4.78 is 5.21. The van der Waals surface area contributed by atoms with Crippen LogP contribution in [0, 0.1) is 0 Å². The van der Waals surface area contributed by atoms with E-state index in [9.17, 15) is 14.4 Å². The highest BCUT2D eigenvalue weighted by Gasteiger charge is 2.22. The van der Waals surface area contributed by atoms with E-state index in [4.69, 9.17) is 10.5 Å². The zero-order valence-electron chi connectivity index (χ0n) is 14.9. The third-order valence-corrected chi connectivity index (χ3v) is 5.18. The van der Waals surface area contributed by atoms with E-state index in [1.54, 1.807) is 7.11 Å². The molecule has 0 aromatic heterocycles. The van der Waals surface area contributed by atoms with Crippen molar-refractivity contribution in [3.05, 3.63) is 42.0 Å². The fraction of sp³-hybridized carbons (Fsp3) is 0.316. The molecule has 6 nitrogen and oxygen atoms in total. The number of nitrogens with one attached hydrogen (secondary N) is 1. The molecular weight excluding hydrogens is 352 g/mol. The molecule has 0 aliphatic rings. The van der Waals surface area contributed by atoms with Crippen molar-refractivity contribution in [3.8, 4) is 5.75 Å². The summed E-state index contributed by atoms with van der Waals surface area (Å²) in [5.41, 5.74) is 6.14. The Morgan fingerprint density at radius 1 is 1.15 bits per heavy atom. The predicted octanol–water partition coefficient (Wildman–Crippen LogP) is 2.20. The van der Waals surface area contributed by atoms with Gasteiger partial charge in [0, 0.05) is 12.7 Å². The van der Waals surface area contributed by atoms with Crippen LogP contribution in [0.25, 0.3) is 10.8 Å². The molecule has 2 rings (SSSR count). The van der Waals surface area contributed by atoms with Gasteiger partial charge in [-0.3, -0.25) is 14.4 Å². The Bertz CT molecular complexity index is 837. The van der Waals surface area contributed by atoms with Crippen molar-refractivity contribution < 1.29 is 19.1 Å². The molecule has 7 heteroatoms. The molecule has 2 aromatic carbocycles. The quantitative estimate of drug-likeness (QED) is 0.774. The van der Waals surface area contributed by atoms with Gasteiger partial charge in [0.15, 0.2) is 5.12 Å². The lowest BCUT2D eigenvalue weighted by Gasteiger charge is -2.16. The van der Waals surface area contributed by atoms with Crippen LogP contribution in [0.4, 0.5) is 0 Å². The second-order valence-electron chi connectivity index (χ2n) is 5.98. The third kappa shape index (κ3) is 4.98. The molecule has 0 saturated heterocycles. The van der Waals surface area contributed by atoms with Crippen molar-refractivity contribution >= 4 is 39.5 Å². The van der Waals surface area contributed by atoms with Crippen LogP contribution >= 0.6 is 11.8 Å². The van der Waals surface area contributed by atoms with Crippen molar-refractivity contribution in [1.82, 2.24) is 5.32 Å². The number of hydrogen-bond acceptors (Lipinski definition) is 5. The van der Waals surface area contributed by atoms with E-state index in [1.165, 1.54) is 6.92 Å². The molecule has 2 amide bonds. The molecule has 138 valence electrons. The summed E-state index contributed by atoms with van der Waals surface area (Å²) in [6, 6.07) is 10.7. The Hall–Kier alpha value is -2.54. The van der Waals surface area contributed by atoms with E-state index in [1.807, 2.05) is 43.3 Å². The molecule has 3 N–H and O–H groups in total. The Labute approximate surface area is 156 Å². The number of rotatable bonds is 7. The van der Waals surface area contributed by atoms with E-state index in [0.29, 0.717) is 0 Å². The SMILES string of the molecule is COc1ccc2cc([C@H](C)C(=O)SCC(NC(C)=O)C(N)=O)ccc2c1. The molecule has 0 aliphatic heterocycles. The lowest BCUT2D eigenvalue weighted by atomic mass is 9.99. The van der Waals surface area contributed by atoms with Gasteiger partial charge in [-0.25, -0.2) is 0 Å². The molecule has 26 heavy (non-hydrogen) atoms. The fourth-order valence-corrected chi connectivity index (χ4v) is 3.47. The first-order valence-electron chi connectivity index (χ1n) is 8.12. The molecule has 2 atom stereocenters. The Kier molecular flexibility index (Phi) is 6.63. The second-order valence-corrected chi connectivity index (χ2v) is 7.00. The van der Waals surface area contributed by atoms with Crippen LogP contribution in [0.15, 0.2) is 36.4 Å². The van der Waals surface area contributed by atoms with Crippen molar-refractivity contribution in [1.29, 1.82) is 0 Å². The van der Waals surface area contributed by atoms with Gasteiger partial charge in [-0.15, -0.1) is 0 Å². The molecule has 0 heterocycles. The number of carbonyl (C=O) groups is 3.